The molecule has 170 valence electrons. The molecule has 3 saturated heterocycles. The number of amides is 4. The molecule has 3 atom stereocenters. The van der Waals surface area contributed by atoms with E-state index in [1.807, 2.05) is 6.07 Å². The zero-order valence-corrected chi connectivity index (χ0v) is 17.9. The second kappa shape index (κ2) is 8.38. The van der Waals surface area contributed by atoms with Crippen LogP contribution in [0.4, 0.5) is 0 Å². The van der Waals surface area contributed by atoms with E-state index in [9.17, 15) is 19.2 Å². The Morgan fingerprint density at radius 1 is 1.12 bits per heavy atom. The first kappa shape index (κ1) is 21.2. The van der Waals surface area contributed by atoms with Gasteiger partial charge in [-0.3, -0.25) is 29.4 Å². The number of hydrogen-bond donors (Lipinski definition) is 3. The van der Waals surface area contributed by atoms with Crippen LogP contribution in [-0.2, 0) is 20.9 Å². The van der Waals surface area contributed by atoms with E-state index in [0.29, 0.717) is 23.6 Å². The van der Waals surface area contributed by atoms with Crippen LogP contribution in [0.3, 0.4) is 0 Å². The van der Waals surface area contributed by atoms with Crippen LogP contribution in [0.5, 0.6) is 0 Å². The summed E-state index contributed by atoms with van der Waals surface area (Å²) in [6.07, 6.45) is 2.50. The molecule has 3 N–H and O–H groups in total. The molecule has 1 aromatic rings. The van der Waals surface area contributed by atoms with E-state index in [-0.39, 0.29) is 24.2 Å². The second-order valence-electron chi connectivity index (χ2n) is 9.27. The average molecular weight is 441 g/mol. The minimum atomic E-state index is -0.940. The normalized spacial score (nSPS) is 30.2. The number of carbonyl (C=O) groups is 4. The van der Waals surface area contributed by atoms with Crippen molar-refractivity contribution in [3.63, 3.8) is 0 Å². The summed E-state index contributed by atoms with van der Waals surface area (Å²) in [5.41, 5.74) is 1.79. The standard InChI is InChI=1S/C23H28N4O5/c28-19-4-3-18(20(29)26-19)27-21(30)16-2-1-14(9-17(16)22(27)31)10-25-12-15-11-24-7-5-23(15)6-8-32-13-23/h1-2,9,15,18,24-25H,3-8,10-13H2,(H,26,28,29). The lowest BCUT2D eigenvalue weighted by Gasteiger charge is -2.41. The summed E-state index contributed by atoms with van der Waals surface area (Å²) in [4.78, 5) is 50.4. The summed E-state index contributed by atoms with van der Waals surface area (Å²) in [5, 5.41) is 9.22. The van der Waals surface area contributed by atoms with E-state index in [1.165, 1.54) is 0 Å². The number of nitrogens with zero attached hydrogens (tertiary/aromatic N) is 1. The summed E-state index contributed by atoms with van der Waals surface area (Å²) in [6.45, 7) is 5.09. The fourth-order valence-corrected chi connectivity index (χ4v) is 5.48. The van der Waals surface area contributed by atoms with Gasteiger partial charge in [0.25, 0.3) is 11.8 Å². The number of imide groups is 2. The molecule has 4 heterocycles. The third kappa shape index (κ3) is 3.64. The first-order chi connectivity index (χ1) is 15.5. The molecule has 32 heavy (non-hydrogen) atoms. The lowest BCUT2D eigenvalue weighted by molar-refractivity contribution is -0.136. The molecule has 0 aromatic heterocycles. The number of nitrogens with one attached hydrogen (secondary N) is 3. The van der Waals surface area contributed by atoms with Gasteiger partial charge in [-0.1, -0.05) is 6.07 Å². The van der Waals surface area contributed by atoms with Crippen LogP contribution in [-0.4, -0.2) is 67.4 Å². The first-order valence-corrected chi connectivity index (χ1v) is 11.3. The predicted octanol–water partition coefficient (Wildman–Crippen LogP) is 0.194. The van der Waals surface area contributed by atoms with Crippen molar-refractivity contribution in [1.29, 1.82) is 0 Å². The zero-order chi connectivity index (χ0) is 22.3. The van der Waals surface area contributed by atoms with Crippen LogP contribution in [0, 0.1) is 11.3 Å². The van der Waals surface area contributed by atoms with E-state index in [2.05, 4.69) is 16.0 Å². The van der Waals surface area contributed by atoms with Gasteiger partial charge < -0.3 is 15.4 Å². The van der Waals surface area contributed by atoms with Crippen LogP contribution in [0.15, 0.2) is 18.2 Å². The Morgan fingerprint density at radius 2 is 1.97 bits per heavy atom. The molecule has 4 aliphatic rings. The van der Waals surface area contributed by atoms with E-state index >= 15 is 0 Å². The molecule has 1 aromatic carbocycles. The Morgan fingerprint density at radius 3 is 2.75 bits per heavy atom. The van der Waals surface area contributed by atoms with Crippen LogP contribution < -0.4 is 16.0 Å². The first-order valence-electron chi connectivity index (χ1n) is 11.3. The monoisotopic (exact) mass is 440 g/mol. The molecule has 0 bridgehead atoms. The van der Waals surface area contributed by atoms with Gasteiger partial charge in [-0.15, -0.1) is 0 Å². The maximum Gasteiger partial charge on any atom is 0.262 e. The van der Waals surface area contributed by atoms with Crippen molar-refractivity contribution >= 4 is 23.6 Å². The summed E-state index contributed by atoms with van der Waals surface area (Å²) in [5.74, 6) is -1.44. The minimum absolute atomic E-state index is 0.113. The second-order valence-corrected chi connectivity index (χ2v) is 9.27. The van der Waals surface area contributed by atoms with Crippen LogP contribution >= 0.6 is 0 Å². The van der Waals surface area contributed by atoms with Gasteiger partial charge in [-0.05, 0) is 56.0 Å². The van der Waals surface area contributed by atoms with Gasteiger partial charge in [0.15, 0.2) is 0 Å². The Kier molecular flexibility index (Phi) is 5.56. The molecule has 3 fully saturated rings. The molecule has 0 radical (unpaired) electrons. The number of hydrogen-bond acceptors (Lipinski definition) is 7. The zero-order valence-electron chi connectivity index (χ0n) is 17.9. The molecule has 1 spiro atoms. The van der Waals surface area contributed by atoms with Crippen molar-refractivity contribution in [1.82, 2.24) is 20.9 Å². The molecule has 0 saturated carbocycles. The predicted molar refractivity (Wildman–Crippen MR) is 114 cm³/mol. The molecule has 9 heteroatoms. The minimum Gasteiger partial charge on any atom is -0.381 e. The van der Waals surface area contributed by atoms with E-state index < -0.39 is 23.8 Å². The van der Waals surface area contributed by atoms with Crippen LogP contribution in [0.25, 0.3) is 0 Å². The number of fused-ring (bicyclic) bond motifs is 1. The fraction of sp³-hybridized carbons (Fsp3) is 0.565. The molecule has 4 amide bonds. The highest BCUT2D eigenvalue weighted by Crippen LogP contribution is 2.41. The molecular formula is C23H28N4O5. The molecule has 0 aliphatic carbocycles. The topological polar surface area (TPSA) is 117 Å². The quantitative estimate of drug-likeness (QED) is 0.560. The third-order valence-electron chi connectivity index (χ3n) is 7.41. The molecule has 5 rings (SSSR count). The largest absolute Gasteiger partial charge is 0.381 e. The number of rotatable bonds is 5. The van der Waals surface area contributed by atoms with E-state index in [1.54, 1.807) is 12.1 Å². The highest BCUT2D eigenvalue weighted by molar-refractivity contribution is 6.23. The summed E-state index contributed by atoms with van der Waals surface area (Å²) in [7, 11) is 0. The SMILES string of the molecule is O=C1CCC(N2C(=O)c3ccc(CNCC4CNCCC45CCOC5)cc3C2=O)C(=O)N1. The van der Waals surface area contributed by atoms with E-state index in [4.69, 9.17) is 4.74 Å². The van der Waals surface area contributed by atoms with Gasteiger partial charge in [0.1, 0.15) is 6.04 Å². The Labute approximate surface area is 186 Å². The Hall–Kier alpha value is -2.62. The molecular weight excluding hydrogens is 412 g/mol. The van der Waals surface area contributed by atoms with Crippen molar-refractivity contribution in [3.8, 4) is 0 Å². The number of ether oxygens (including phenoxy) is 1. The highest BCUT2D eigenvalue weighted by atomic mass is 16.5. The van der Waals surface area contributed by atoms with E-state index in [0.717, 1.165) is 56.2 Å². The van der Waals surface area contributed by atoms with Gasteiger partial charge in [-0.25, -0.2) is 0 Å². The fourth-order valence-electron chi connectivity index (χ4n) is 5.48. The summed E-state index contributed by atoms with van der Waals surface area (Å²) >= 11 is 0. The smallest absolute Gasteiger partial charge is 0.262 e. The summed E-state index contributed by atoms with van der Waals surface area (Å²) < 4.78 is 5.70. The van der Waals surface area contributed by atoms with Crippen molar-refractivity contribution in [3.05, 3.63) is 34.9 Å². The van der Waals surface area contributed by atoms with Gasteiger partial charge in [0.05, 0.1) is 17.7 Å². The van der Waals surface area contributed by atoms with Gasteiger partial charge in [0.2, 0.25) is 11.8 Å². The van der Waals surface area contributed by atoms with Crippen molar-refractivity contribution in [2.24, 2.45) is 11.3 Å². The Balaban J connectivity index is 1.25. The molecule has 9 nitrogen and oxygen atoms in total. The molecule has 4 aliphatic heterocycles. The highest BCUT2D eigenvalue weighted by Gasteiger charge is 2.45. The van der Waals surface area contributed by atoms with Crippen molar-refractivity contribution in [2.75, 3.05) is 32.8 Å². The number of carbonyl (C=O) groups excluding carboxylic acids is 4. The third-order valence-corrected chi connectivity index (χ3v) is 7.41. The van der Waals surface area contributed by atoms with Gasteiger partial charge >= 0.3 is 0 Å². The lowest BCUT2D eigenvalue weighted by Crippen LogP contribution is -2.54. The van der Waals surface area contributed by atoms with Gasteiger partial charge in [0, 0.05) is 31.5 Å². The molecule has 3 unspecified atom stereocenters. The van der Waals surface area contributed by atoms with Crippen molar-refractivity contribution in [2.45, 2.75) is 38.3 Å². The maximum atomic E-state index is 13.0. The summed E-state index contributed by atoms with van der Waals surface area (Å²) in [6, 6.07) is 4.30. The van der Waals surface area contributed by atoms with Crippen LogP contribution in [0.2, 0.25) is 0 Å². The van der Waals surface area contributed by atoms with Crippen LogP contribution in [0.1, 0.15) is 52.0 Å². The van der Waals surface area contributed by atoms with Crippen molar-refractivity contribution < 1.29 is 23.9 Å². The maximum absolute atomic E-state index is 13.0. The Bertz CT molecular complexity index is 971. The number of piperidine rings is 2. The average Bonchev–Trinajstić information content (AvgIpc) is 3.34. The van der Waals surface area contributed by atoms with Gasteiger partial charge in [-0.2, -0.15) is 0 Å². The number of benzene rings is 1. The lowest BCUT2D eigenvalue weighted by atomic mass is 9.70.